The summed E-state index contributed by atoms with van der Waals surface area (Å²) in [5.74, 6) is 0.101. The number of aromatic nitrogens is 2. The molecule has 0 aliphatic heterocycles. The van der Waals surface area contributed by atoms with Crippen LogP contribution in [0.2, 0.25) is 0 Å². The molecule has 134 valence electrons. The average Bonchev–Trinajstić information content (AvgIpc) is 3.15. The molecule has 0 spiro atoms. The molecule has 6 heteroatoms. The summed E-state index contributed by atoms with van der Waals surface area (Å²) in [5, 5.41) is 5.80. The van der Waals surface area contributed by atoms with E-state index in [4.69, 9.17) is 0 Å². The summed E-state index contributed by atoms with van der Waals surface area (Å²) in [5.41, 5.74) is 1.74. The lowest BCUT2D eigenvalue weighted by Gasteiger charge is -2.14. The molecule has 1 aromatic heterocycles. The second-order valence-corrected chi connectivity index (χ2v) is 6.97. The number of nitrogens with zero attached hydrogens (tertiary/aromatic N) is 2. The molecule has 0 saturated heterocycles. The van der Waals surface area contributed by atoms with Crippen molar-refractivity contribution in [1.82, 2.24) is 14.7 Å². The van der Waals surface area contributed by atoms with Crippen LogP contribution in [0.4, 0.5) is 10.5 Å². The second kappa shape index (κ2) is 7.17. The molecule has 2 N–H and O–H groups in total. The van der Waals surface area contributed by atoms with Crippen molar-refractivity contribution in [3.8, 4) is 5.69 Å². The van der Waals surface area contributed by atoms with Gasteiger partial charge in [0, 0.05) is 13.1 Å². The number of hydrogen-bond donors (Lipinski definition) is 2. The van der Waals surface area contributed by atoms with E-state index in [1.54, 1.807) is 4.68 Å². The minimum absolute atomic E-state index is 0.101. The molecular formula is C19H26N4O2. The van der Waals surface area contributed by atoms with E-state index >= 15 is 0 Å². The highest BCUT2D eigenvalue weighted by atomic mass is 16.2. The standard InChI is InChI=1S/C19H26N4O2/c1-13(2)17-16(21-19(25)20-14-9-7-8-10-14)18(24)23(22(17)3)15-11-5-4-6-12-15/h4-6,11-14H,7-10H2,1-3H3,(H2,20,21,25). The monoisotopic (exact) mass is 342 g/mol. The lowest BCUT2D eigenvalue weighted by molar-refractivity contribution is 0.248. The van der Waals surface area contributed by atoms with Crippen LogP contribution in [-0.2, 0) is 7.05 Å². The van der Waals surface area contributed by atoms with Gasteiger partial charge < -0.3 is 10.6 Å². The maximum atomic E-state index is 13.0. The molecule has 2 amide bonds. The van der Waals surface area contributed by atoms with Crippen LogP contribution in [0, 0.1) is 0 Å². The number of benzene rings is 1. The summed E-state index contributed by atoms with van der Waals surface area (Å²) in [6, 6.07) is 9.38. The molecule has 1 aromatic carbocycles. The Balaban J connectivity index is 1.95. The van der Waals surface area contributed by atoms with Crippen LogP contribution in [-0.4, -0.2) is 21.4 Å². The Kier molecular flexibility index (Phi) is 4.97. The van der Waals surface area contributed by atoms with Gasteiger partial charge in [-0.15, -0.1) is 0 Å². The van der Waals surface area contributed by atoms with Gasteiger partial charge in [-0.25, -0.2) is 9.48 Å². The van der Waals surface area contributed by atoms with E-state index < -0.39 is 0 Å². The van der Waals surface area contributed by atoms with E-state index in [2.05, 4.69) is 10.6 Å². The molecule has 1 aliphatic carbocycles. The zero-order valence-electron chi connectivity index (χ0n) is 15.1. The van der Waals surface area contributed by atoms with Crippen molar-refractivity contribution in [3.05, 3.63) is 46.4 Å². The average molecular weight is 342 g/mol. The van der Waals surface area contributed by atoms with E-state index in [0.29, 0.717) is 5.69 Å². The Morgan fingerprint density at radius 2 is 1.80 bits per heavy atom. The Morgan fingerprint density at radius 3 is 2.40 bits per heavy atom. The van der Waals surface area contributed by atoms with Crippen molar-refractivity contribution in [3.63, 3.8) is 0 Å². The van der Waals surface area contributed by atoms with Crippen LogP contribution in [0.15, 0.2) is 35.1 Å². The number of hydrogen-bond acceptors (Lipinski definition) is 2. The van der Waals surface area contributed by atoms with Gasteiger partial charge in [-0.3, -0.25) is 9.48 Å². The molecule has 0 unspecified atom stereocenters. The topological polar surface area (TPSA) is 68.1 Å². The molecule has 3 rings (SSSR count). The third-order valence-electron chi connectivity index (χ3n) is 4.79. The zero-order chi connectivity index (χ0) is 18.0. The lowest BCUT2D eigenvalue weighted by atomic mass is 10.1. The molecule has 1 heterocycles. The molecule has 1 fully saturated rings. The number of nitrogens with one attached hydrogen (secondary N) is 2. The minimum atomic E-state index is -0.295. The summed E-state index contributed by atoms with van der Waals surface area (Å²) >= 11 is 0. The quantitative estimate of drug-likeness (QED) is 0.894. The summed E-state index contributed by atoms with van der Waals surface area (Å²) in [6.07, 6.45) is 4.31. The highest BCUT2D eigenvalue weighted by Gasteiger charge is 2.24. The Morgan fingerprint density at radius 1 is 1.16 bits per heavy atom. The Labute approximate surface area is 147 Å². The third-order valence-corrected chi connectivity index (χ3v) is 4.79. The van der Waals surface area contributed by atoms with Crippen LogP contribution >= 0.6 is 0 Å². The van der Waals surface area contributed by atoms with E-state index in [0.717, 1.165) is 37.1 Å². The van der Waals surface area contributed by atoms with E-state index in [1.807, 2.05) is 55.9 Å². The van der Waals surface area contributed by atoms with Crippen molar-refractivity contribution in [2.24, 2.45) is 7.05 Å². The Hall–Kier alpha value is -2.50. The fourth-order valence-electron chi connectivity index (χ4n) is 3.67. The fourth-order valence-corrected chi connectivity index (χ4v) is 3.67. The first-order valence-corrected chi connectivity index (χ1v) is 8.94. The van der Waals surface area contributed by atoms with Crippen molar-refractivity contribution < 1.29 is 4.79 Å². The predicted octanol–water partition coefficient (Wildman–Crippen LogP) is 3.36. The molecular weight excluding hydrogens is 316 g/mol. The molecule has 0 atom stereocenters. The number of carbonyl (C=O) groups is 1. The van der Waals surface area contributed by atoms with Crippen molar-refractivity contribution in [2.75, 3.05) is 5.32 Å². The smallest absolute Gasteiger partial charge is 0.319 e. The van der Waals surface area contributed by atoms with Crippen LogP contribution < -0.4 is 16.2 Å². The van der Waals surface area contributed by atoms with Crippen LogP contribution in [0.1, 0.15) is 51.1 Å². The highest BCUT2D eigenvalue weighted by Crippen LogP contribution is 2.23. The van der Waals surface area contributed by atoms with Gasteiger partial charge in [0.2, 0.25) is 0 Å². The molecule has 1 aliphatic rings. The summed E-state index contributed by atoms with van der Waals surface area (Å²) in [6.45, 7) is 4.04. The summed E-state index contributed by atoms with van der Waals surface area (Å²) in [4.78, 5) is 25.4. The zero-order valence-corrected chi connectivity index (χ0v) is 15.1. The van der Waals surface area contributed by atoms with E-state index in [-0.39, 0.29) is 23.6 Å². The number of anilines is 1. The van der Waals surface area contributed by atoms with E-state index in [1.165, 1.54) is 0 Å². The summed E-state index contributed by atoms with van der Waals surface area (Å²) in [7, 11) is 1.85. The number of para-hydroxylation sites is 1. The van der Waals surface area contributed by atoms with Gasteiger partial charge in [0.15, 0.2) is 0 Å². The van der Waals surface area contributed by atoms with Gasteiger partial charge in [0.25, 0.3) is 5.56 Å². The van der Waals surface area contributed by atoms with Crippen LogP contribution in [0.25, 0.3) is 5.69 Å². The molecule has 25 heavy (non-hydrogen) atoms. The lowest BCUT2D eigenvalue weighted by Crippen LogP contribution is -2.37. The molecule has 0 radical (unpaired) electrons. The molecule has 0 bridgehead atoms. The van der Waals surface area contributed by atoms with Gasteiger partial charge in [0.1, 0.15) is 5.69 Å². The van der Waals surface area contributed by atoms with Crippen LogP contribution in [0.5, 0.6) is 0 Å². The van der Waals surface area contributed by atoms with Gasteiger partial charge in [-0.05, 0) is 30.9 Å². The first kappa shape index (κ1) is 17.3. The van der Waals surface area contributed by atoms with Gasteiger partial charge in [0.05, 0.1) is 11.4 Å². The minimum Gasteiger partial charge on any atom is -0.335 e. The molecule has 1 saturated carbocycles. The van der Waals surface area contributed by atoms with E-state index in [9.17, 15) is 9.59 Å². The number of urea groups is 1. The van der Waals surface area contributed by atoms with Gasteiger partial charge in [-0.1, -0.05) is 44.9 Å². The summed E-state index contributed by atoms with van der Waals surface area (Å²) < 4.78 is 3.42. The first-order chi connectivity index (χ1) is 12.0. The first-order valence-electron chi connectivity index (χ1n) is 8.94. The number of amides is 2. The van der Waals surface area contributed by atoms with Crippen molar-refractivity contribution in [1.29, 1.82) is 0 Å². The van der Waals surface area contributed by atoms with Crippen molar-refractivity contribution >= 4 is 11.7 Å². The molecule has 2 aromatic rings. The Bertz CT molecular complexity index is 799. The van der Waals surface area contributed by atoms with Crippen LogP contribution in [0.3, 0.4) is 0 Å². The maximum Gasteiger partial charge on any atom is 0.319 e. The maximum absolute atomic E-state index is 13.0. The van der Waals surface area contributed by atoms with Gasteiger partial charge in [-0.2, -0.15) is 0 Å². The number of rotatable bonds is 4. The largest absolute Gasteiger partial charge is 0.335 e. The van der Waals surface area contributed by atoms with Gasteiger partial charge >= 0.3 is 6.03 Å². The van der Waals surface area contributed by atoms with Crippen molar-refractivity contribution in [2.45, 2.75) is 51.5 Å². The predicted molar refractivity (Wildman–Crippen MR) is 99.5 cm³/mol. The normalized spacial score (nSPS) is 14.9. The molecule has 6 nitrogen and oxygen atoms in total. The number of carbonyl (C=O) groups excluding carboxylic acids is 1. The second-order valence-electron chi connectivity index (χ2n) is 6.97. The SMILES string of the molecule is CC(C)c1c(NC(=O)NC2CCCC2)c(=O)n(-c2ccccc2)n1C. The third kappa shape index (κ3) is 3.48. The fraction of sp³-hybridized carbons (Fsp3) is 0.474. The highest BCUT2D eigenvalue weighted by molar-refractivity contribution is 5.90.